The molecule has 0 aliphatic heterocycles. The van der Waals surface area contributed by atoms with Crippen molar-refractivity contribution in [2.45, 2.75) is 59.1 Å². The van der Waals surface area contributed by atoms with Crippen molar-refractivity contribution in [2.75, 3.05) is 10.0 Å². The summed E-state index contributed by atoms with van der Waals surface area (Å²) in [5, 5.41) is 2.99. The first-order chi connectivity index (χ1) is 12.9. The molecule has 6 heteroatoms. The van der Waals surface area contributed by atoms with Gasteiger partial charge in [-0.3, -0.25) is 0 Å². The lowest BCUT2D eigenvalue weighted by atomic mass is 10.2. The monoisotopic (exact) mass is 398 g/mol. The molecular weight excluding hydrogens is 369 g/mol. The Labute approximate surface area is 165 Å². The average Bonchev–Trinajstić information content (AvgIpc) is 2.66. The van der Waals surface area contributed by atoms with Crippen molar-refractivity contribution in [3.05, 3.63) is 53.3 Å². The van der Waals surface area contributed by atoms with Crippen molar-refractivity contribution in [2.24, 2.45) is 0 Å². The van der Waals surface area contributed by atoms with Crippen LogP contribution in [-0.4, -0.2) is 5.25 Å². The second kappa shape index (κ2) is 11.8. The summed E-state index contributed by atoms with van der Waals surface area (Å²) in [6, 6.07) is 7.07. The van der Waals surface area contributed by atoms with E-state index in [9.17, 15) is 13.2 Å². The molecule has 0 aliphatic carbocycles. The second-order valence-corrected chi connectivity index (χ2v) is 7.31. The zero-order valence-electron chi connectivity index (χ0n) is 16.6. The van der Waals surface area contributed by atoms with Crippen LogP contribution in [0, 0.1) is 24.4 Å². The summed E-state index contributed by atoms with van der Waals surface area (Å²) in [5.74, 6) is -2.53. The van der Waals surface area contributed by atoms with Crippen LogP contribution in [0.3, 0.4) is 0 Å². The number of hydrogen-bond acceptors (Lipinski definition) is 3. The second-order valence-electron chi connectivity index (χ2n) is 6.06. The molecule has 2 aromatic carbocycles. The minimum Gasteiger partial charge on any atom is -0.349 e. The van der Waals surface area contributed by atoms with E-state index in [1.807, 2.05) is 13.8 Å². The van der Waals surface area contributed by atoms with Crippen LogP contribution < -0.4 is 10.0 Å². The molecule has 2 nitrogen and oxygen atoms in total. The van der Waals surface area contributed by atoms with Crippen molar-refractivity contribution in [1.29, 1.82) is 0 Å². The summed E-state index contributed by atoms with van der Waals surface area (Å²) in [4.78, 5) is 0. The highest BCUT2D eigenvalue weighted by Gasteiger charge is 2.16. The topological polar surface area (TPSA) is 24.1 Å². The number of halogens is 3. The van der Waals surface area contributed by atoms with Gasteiger partial charge in [-0.2, -0.15) is 0 Å². The largest absolute Gasteiger partial charge is 0.349 e. The molecule has 0 saturated carbocycles. The van der Waals surface area contributed by atoms with E-state index in [-0.39, 0.29) is 11.4 Å². The molecule has 0 fully saturated rings. The predicted octanol–water partition coefficient (Wildman–Crippen LogP) is 7.82. The Morgan fingerprint density at radius 3 is 2.30 bits per heavy atom. The highest BCUT2D eigenvalue weighted by Crippen LogP contribution is 2.34. The Morgan fingerprint density at radius 2 is 1.67 bits per heavy atom. The standard InChI is InChI=1S/C19H23F3N2S.C2H6/c1-4-5-6-13(3)25-24-17-10-8-14(20)18(22)19(17)23-16-9-7-12(2)11-15(16)21;1-2/h7-11,13,23-24H,4-6H2,1-3H3;1-2H3. The first kappa shape index (κ1) is 23.2. The molecule has 0 spiro atoms. The van der Waals surface area contributed by atoms with E-state index in [2.05, 4.69) is 23.9 Å². The molecule has 0 saturated heterocycles. The number of nitrogens with one attached hydrogen (secondary N) is 2. The fraction of sp³-hybridized carbons (Fsp3) is 0.429. The van der Waals surface area contributed by atoms with Gasteiger partial charge in [-0.15, -0.1) is 0 Å². The average molecular weight is 399 g/mol. The Hall–Kier alpha value is -1.82. The van der Waals surface area contributed by atoms with Gasteiger partial charge in [-0.1, -0.05) is 46.6 Å². The smallest absolute Gasteiger partial charge is 0.184 e. The van der Waals surface area contributed by atoms with Crippen LogP contribution in [0.4, 0.5) is 30.2 Å². The van der Waals surface area contributed by atoms with E-state index < -0.39 is 17.5 Å². The molecule has 0 aromatic heterocycles. The summed E-state index contributed by atoms with van der Waals surface area (Å²) in [5.41, 5.74) is 1.13. The first-order valence-electron chi connectivity index (χ1n) is 9.35. The minimum atomic E-state index is -1.04. The molecule has 0 amide bonds. The maximum atomic E-state index is 14.3. The van der Waals surface area contributed by atoms with E-state index in [4.69, 9.17) is 0 Å². The SMILES string of the molecule is CC.CCCCC(C)SNc1ccc(F)c(F)c1Nc1ccc(C)cc1F. The molecule has 0 heterocycles. The minimum absolute atomic E-state index is 0.0991. The summed E-state index contributed by atoms with van der Waals surface area (Å²) >= 11 is 1.44. The summed E-state index contributed by atoms with van der Waals surface area (Å²) < 4.78 is 45.0. The predicted molar refractivity (Wildman–Crippen MR) is 112 cm³/mol. The van der Waals surface area contributed by atoms with Gasteiger partial charge in [0.05, 0.1) is 11.4 Å². The third-order valence-corrected chi connectivity index (χ3v) is 4.79. The van der Waals surface area contributed by atoms with Gasteiger partial charge in [-0.05, 0) is 55.1 Å². The normalized spacial score (nSPS) is 11.4. The summed E-state index contributed by atoms with van der Waals surface area (Å²) in [6.45, 7) is 9.95. The van der Waals surface area contributed by atoms with Crippen molar-refractivity contribution < 1.29 is 13.2 Å². The van der Waals surface area contributed by atoms with Crippen LogP contribution in [-0.2, 0) is 0 Å². The van der Waals surface area contributed by atoms with Crippen molar-refractivity contribution in [1.82, 2.24) is 0 Å². The van der Waals surface area contributed by atoms with Crippen LogP contribution >= 0.6 is 11.9 Å². The van der Waals surface area contributed by atoms with E-state index >= 15 is 0 Å². The number of anilines is 3. The summed E-state index contributed by atoms with van der Waals surface area (Å²) in [7, 11) is 0. The van der Waals surface area contributed by atoms with E-state index in [0.29, 0.717) is 10.9 Å². The number of benzene rings is 2. The third-order valence-electron chi connectivity index (χ3n) is 3.81. The van der Waals surface area contributed by atoms with Gasteiger partial charge in [0, 0.05) is 5.25 Å². The fourth-order valence-corrected chi connectivity index (χ4v) is 3.11. The molecule has 150 valence electrons. The number of rotatable bonds is 8. The lowest BCUT2D eigenvalue weighted by Crippen LogP contribution is -2.05. The maximum absolute atomic E-state index is 14.3. The molecule has 27 heavy (non-hydrogen) atoms. The van der Waals surface area contributed by atoms with Gasteiger partial charge in [-0.25, -0.2) is 13.2 Å². The highest BCUT2D eigenvalue weighted by atomic mass is 32.2. The molecule has 2 aromatic rings. The van der Waals surface area contributed by atoms with Gasteiger partial charge >= 0.3 is 0 Å². The molecule has 0 aliphatic rings. The molecule has 0 bridgehead atoms. The van der Waals surface area contributed by atoms with Gasteiger partial charge in [0.2, 0.25) is 0 Å². The molecule has 0 radical (unpaired) electrons. The summed E-state index contributed by atoms with van der Waals surface area (Å²) in [6.07, 6.45) is 3.23. The van der Waals surface area contributed by atoms with Gasteiger partial charge in [0.25, 0.3) is 0 Å². The van der Waals surface area contributed by atoms with Gasteiger partial charge in [0.15, 0.2) is 11.6 Å². The Kier molecular flexibility index (Phi) is 10.1. The molecule has 2 rings (SSSR count). The van der Waals surface area contributed by atoms with E-state index in [1.165, 1.54) is 30.1 Å². The number of unbranched alkanes of at least 4 members (excludes halogenated alkanes) is 1. The van der Waals surface area contributed by atoms with Crippen molar-refractivity contribution in [3.63, 3.8) is 0 Å². The zero-order chi connectivity index (χ0) is 20.4. The maximum Gasteiger partial charge on any atom is 0.184 e. The number of hydrogen-bond donors (Lipinski definition) is 2. The van der Waals surface area contributed by atoms with E-state index in [0.717, 1.165) is 30.9 Å². The lowest BCUT2D eigenvalue weighted by Gasteiger charge is -2.17. The first-order valence-corrected chi connectivity index (χ1v) is 10.2. The lowest BCUT2D eigenvalue weighted by molar-refractivity contribution is 0.512. The van der Waals surface area contributed by atoms with Crippen LogP contribution in [0.15, 0.2) is 30.3 Å². The zero-order valence-corrected chi connectivity index (χ0v) is 17.4. The Balaban J connectivity index is 0.00000176. The third kappa shape index (κ3) is 7.01. The van der Waals surface area contributed by atoms with E-state index in [1.54, 1.807) is 13.0 Å². The van der Waals surface area contributed by atoms with Crippen LogP contribution in [0.25, 0.3) is 0 Å². The van der Waals surface area contributed by atoms with Crippen LogP contribution in [0.1, 0.15) is 52.5 Å². The van der Waals surface area contributed by atoms with Crippen LogP contribution in [0.2, 0.25) is 0 Å². The molecular formula is C21H29F3N2S. The molecule has 1 unspecified atom stereocenters. The highest BCUT2D eigenvalue weighted by molar-refractivity contribution is 8.01. The quantitative estimate of drug-likeness (QED) is 0.443. The van der Waals surface area contributed by atoms with Crippen LogP contribution in [0.5, 0.6) is 0 Å². The Bertz CT molecular complexity index is 723. The van der Waals surface area contributed by atoms with Gasteiger partial charge < -0.3 is 10.0 Å². The molecule has 1 atom stereocenters. The van der Waals surface area contributed by atoms with Crippen molar-refractivity contribution in [3.8, 4) is 0 Å². The fourth-order valence-electron chi connectivity index (χ4n) is 2.33. The number of aryl methyl sites for hydroxylation is 1. The van der Waals surface area contributed by atoms with Crippen molar-refractivity contribution >= 4 is 29.0 Å². The molecule has 2 N–H and O–H groups in total. The Morgan fingerprint density at radius 1 is 1.00 bits per heavy atom. The van der Waals surface area contributed by atoms with Gasteiger partial charge in [0.1, 0.15) is 11.5 Å².